The van der Waals surface area contributed by atoms with Crippen LogP contribution in [0.15, 0.2) is 38.6 Å². The summed E-state index contributed by atoms with van der Waals surface area (Å²) >= 11 is 17.4. The maximum atomic E-state index is 6.65. The molecule has 5 heteroatoms. The lowest BCUT2D eigenvalue weighted by atomic mass is 10.1. The number of thiophene rings is 2. The minimum Gasteiger partial charge on any atom is -0.143 e. The molecule has 0 fully saturated rings. The maximum Gasteiger partial charge on any atom is 0.0939 e. The average Bonchev–Trinajstić information content (AvgIpc) is 2.93. The zero-order valence-corrected chi connectivity index (χ0v) is 15.5. The molecule has 3 aromatic rings. The smallest absolute Gasteiger partial charge is 0.0939 e. The number of hydrogen-bond acceptors (Lipinski definition) is 2. The van der Waals surface area contributed by atoms with Gasteiger partial charge in [0.05, 0.1) is 5.38 Å². The lowest BCUT2D eigenvalue weighted by molar-refractivity contribution is 1.16. The lowest BCUT2D eigenvalue weighted by Gasteiger charge is -2.12. The van der Waals surface area contributed by atoms with Crippen LogP contribution in [-0.4, -0.2) is 0 Å². The van der Waals surface area contributed by atoms with Crippen molar-refractivity contribution in [3.8, 4) is 0 Å². The Morgan fingerprint density at radius 1 is 1.11 bits per heavy atom. The van der Waals surface area contributed by atoms with Gasteiger partial charge in [-0.05, 0) is 47.7 Å². The number of halogens is 3. The van der Waals surface area contributed by atoms with Crippen LogP contribution in [0.25, 0.3) is 9.40 Å². The van der Waals surface area contributed by atoms with E-state index in [2.05, 4.69) is 68.4 Å². The van der Waals surface area contributed by atoms with Gasteiger partial charge in [0, 0.05) is 23.2 Å². The summed E-state index contributed by atoms with van der Waals surface area (Å²) in [5, 5.41) is 2.00. The van der Waals surface area contributed by atoms with Gasteiger partial charge in [-0.15, -0.1) is 34.3 Å². The Morgan fingerprint density at radius 2 is 1.89 bits per heavy atom. The number of aryl methyl sites for hydroxylation is 1. The molecule has 0 radical (unpaired) electrons. The van der Waals surface area contributed by atoms with Gasteiger partial charge in [0.15, 0.2) is 0 Å². The Morgan fingerprint density at radius 3 is 2.63 bits per heavy atom. The van der Waals surface area contributed by atoms with Crippen molar-refractivity contribution in [3.63, 3.8) is 0 Å². The highest BCUT2D eigenvalue weighted by Crippen LogP contribution is 2.42. The molecule has 0 bridgehead atoms. The van der Waals surface area contributed by atoms with Gasteiger partial charge in [0.25, 0.3) is 0 Å². The first kappa shape index (κ1) is 14.1. The summed E-state index contributed by atoms with van der Waals surface area (Å²) in [5.41, 5.74) is 2.31. The summed E-state index contributed by atoms with van der Waals surface area (Å²) in [5.74, 6) is 0. The largest absolute Gasteiger partial charge is 0.143 e. The van der Waals surface area contributed by atoms with Crippen molar-refractivity contribution in [2.24, 2.45) is 0 Å². The zero-order chi connectivity index (χ0) is 13.6. The Labute approximate surface area is 141 Å². The first-order chi connectivity index (χ1) is 9.06. The Kier molecular flexibility index (Phi) is 4.07. The molecular weight excluding hydrogens is 428 g/mol. The van der Waals surface area contributed by atoms with Crippen molar-refractivity contribution in [3.05, 3.63) is 54.6 Å². The summed E-state index contributed by atoms with van der Waals surface area (Å²) in [7, 11) is 0. The van der Waals surface area contributed by atoms with E-state index in [1.807, 2.05) is 0 Å². The molecule has 0 nitrogen and oxygen atoms in total. The highest BCUT2D eigenvalue weighted by atomic mass is 79.9. The van der Waals surface area contributed by atoms with E-state index in [-0.39, 0.29) is 5.38 Å². The molecular formula is C14H9Br2ClS2. The number of rotatable bonds is 2. The van der Waals surface area contributed by atoms with E-state index < -0.39 is 0 Å². The maximum absolute atomic E-state index is 6.65. The Bertz CT molecular complexity index is 717. The molecule has 0 amide bonds. The van der Waals surface area contributed by atoms with Crippen molar-refractivity contribution in [1.29, 1.82) is 0 Å². The molecule has 19 heavy (non-hydrogen) atoms. The van der Waals surface area contributed by atoms with Crippen molar-refractivity contribution >= 4 is 75.5 Å². The quantitative estimate of drug-likeness (QED) is 0.375. The normalized spacial score (nSPS) is 13.1. The topological polar surface area (TPSA) is 0 Å². The molecule has 2 aromatic heterocycles. The summed E-state index contributed by atoms with van der Waals surface area (Å²) in [6, 6.07) is 8.55. The number of benzene rings is 1. The van der Waals surface area contributed by atoms with E-state index in [1.165, 1.54) is 19.8 Å². The van der Waals surface area contributed by atoms with Crippen molar-refractivity contribution < 1.29 is 0 Å². The van der Waals surface area contributed by atoms with Crippen molar-refractivity contribution in [1.82, 2.24) is 0 Å². The Hall–Kier alpha value is 0.130. The van der Waals surface area contributed by atoms with Gasteiger partial charge in [-0.1, -0.05) is 31.9 Å². The van der Waals surface area contributed by atoms with E-state index in [9.17, 15) is 0 Å². The van der Waals surface area contributed by atoms with Crippen LogP contribution in [0.4, 0.5) is 0 Å². The molecule has 0 saturated carbocycles. The molecule has 0 aliphatic carbocycles. The predicted molar refractivity (Wildman–Crippen MR) is 94.0 cm³/mol. The van der Waals surface area contributed by atoms with E-state index in [4.69, 9.17) is 11.6 Å². The molecule has 1 aromatic carbocycles. The molecule has 0 N–H and O–H groups in total. The van der Waals surface area contributed by atoms with Crippen LogP contribution in [0.3, 0.4) is 0 Å². The molecule has 0 saturated heterocycles. The fourth-order valence-corrected chi connectivity index (χ4v) is 5.59. The first-order valence-electron chi connectivity index (χ1n) is 5.63. The van der Waals surface area contributed by atoms with E-state index in [0.717, 1.165) is 14.5 Å². The second-order valence-electron chi connectivity index (χ2n) is 4.28. The SMILES string of the molecule is Cc1cc(Br)c(C(Cl)c2cc3sccc3s2)cc1Br. The zero-order valence-electron chi connectivity index (χ0n) is 9.91. The third kappa shape index (κ3) is 2.66. The standard InChI is InChI=1S/C14H9Br2ClS2/c1-7-4-10(16)8(5-9(7)15)14(17)13-6-12-11(19-13)2-3-18-12/h2-6,14H,1H3. The van der Waals surface area contributed by atoms with Gasteiger partial charge in [0.1, 0.15) is 0 Å². The van der Waals surface area contributed by atoms with Gasteiger partial charge in [-0.2, -0.15) is 0 Å². The molecule has 0 aliphatic heterocycles. The van der Waals surface area contributed by atoms with E-state index in [1.54, 1.807) is 22.7 Å². The van der Waals surface area contributed by atoms with Crippen LogP contribution in [0, 0.1) is 6.92 Å². The lowest BCUT2D eigenvalue weighted by Crippen LogP contribution is -1.93. The van der Waals surface area contributed by atoms with Crippen LogP contribution >= 0.6 is 66.1 Å². The molecule has 98 valence electrons. The number of alkyl halides is 1. The van der Waals surface area contributed by atoms with Crippen LogP contribution in [0.1, 0.15) is 21.4 Å². The van der Waals surface area contributed by atoms with Crippen LogP contribution in [-0.2, 0) is 0 Å². The first-order valence-corrected chi connectivity index (χ1v) is 9.34. The van der Waals surface area contributed by atoms with Crippen LogP contribution < -0.4 is 0 Å². The van der Waals surface area contributed by atoms with Gasteiger partial charge in [0.2, 0.25) is 0 Å². The van der Waals surface area contributed by atoms with Gasteiger partial charge in [-0.3, -0.25) is 0 Å². The fraction of sp³-hybridized carbons (Fsp3) is 0.143. The minimum atomic E-state index is -0.115. The molecule has 3 rings (SSSR count). The number of hydrogen-bond donors (Lipinski definition) is 0. The van der Waals surface area contributed by atoms with Crippen LogP contribution in [0.5, 0.6) is 0 Å². The predicted octanol–water partition coefficient (Wildman–Crippen LogP) is 7.12. The van der Waals surface area contributed by atoms with Crippen molar-refractivity contribution in [2.45, 2.75) is 12.3 Å². The minimum absolute atomic E-state index is 0.115. The molecule has 1 unspecified atom stereocenters. The third-order valence-corrected chi connectivity index (χ3v) is 7.26. The molecule has 2 heterocycles. The second-order valence-corrected chi connectivity index (χ2v) is 8.49. The van der Waals surface area contributed by atoms with E-state index in [0.29, 0.717) is 0 Å². The highest BCUT2D eigenvalue weighted by Gasteiger charge is 2.18. The molecule has 0 aliphatic rings. The van der Waals surface area contributed by atoms with Gasteiger partial charge >= 0.3 is 0 Å². The van der Waals surface area contributed by atoms with Gasteiger partial charge < -0.3 is 0 Å². The second kappa shape index (κ2) is 5.49. The Balaban J connectivity index is 2.06. The third-order valence-electron chi connectivity index (χ3n) is 2.96. The van der Waals surface area contributed by atoms with Crippen molar-refractivity contribution in [2.75, 3.05) is 0 Å². The van der Waals surface area contributed by atoms with Gasteiger partial charge in [-0.25, -0.2) is 0 Å². The fourth-order valence-electron chi connectivity index (χ4n) is 1.92. The molecule has 1 atom stereocenters. The molecule has 0 spiro atoms. The van der Waals surface area contributed by atoms with Crippen LogP contribution in [0.2, 0.25) is 0 Å². The monoisotopic (exact) mass is 434 g/mol. The summed E-state index contributed by atoms with van der Waals surface area (Å²) in [6.07, 6.45) is 0. The van der Waals surface area contributed by atoms with E-state index >= 15 is 0 Å². The summed E-state index contributed by atoms with van der Waals surface area (Å²) in [6.45, 7) is 2.07. The summed E-state index contributed by atoms with van der Waals surface area (Å²) < 4.78 is 4.78. The summed E-state index contributed by atoms with van der Waals surface area (Å²) in [4.78, 5) is 1.19. The highest BCUT2D eigenvalue weighted by molar-refractivity contribution is 9.11. The average molecular weight is 437 g/mol. The number of fused-ring (bicyclic) bond motifs is 1.